The van der Waals surface area contributed by atoms with Crippen molar-refractivity contribution in [2.75, 3.05) is 51.3 Å². The highest BCUT2D eigenvalue weighted by molar-refractivity contribution is 7.99. The molecule has 0 aromatic carbocycles. The number of rotatable bonds is 3. The van der Waals surface area contributed by atoms with Crippen molar-refractivity contribution in [3.8, 4) is 0 Å². The van der Waals surface area contributed by atoms with Gasteiger partial charge in [0.25, 0.3) is 0 Å². The molecule has 0 aromatic rings. The Labute approximate surface area is 110 Å². The summed E-state index contributed by atoms with van der Waals surface area (Å²) >= 11 is 2.11. The predicted molar refractivity (Wildman–Crippen MR) is 76.9 cm³/mol. The molecule has 0 amide bonds. The van der Waals surface area contributed by atoms with Crippen molar-refractivity contribution < 1.29 is 0 Å². The first-order chi connectivity index (χ1) is 8.29. The highest BCUT2D eigenvalue weighted by atomic mass is 32.2. The molecule has 1 N–H and O–H groups in total. The Kier molecular flexibility index (Phi) is 5.60. The SMILES string of the molecule is CCC1CN(C)CCCN1CC1CSCCN1. The summed E-state index contributed by atoms with van der Waals surface area (Å²) in [4.78, 5) is 5.23. The van der Waals surface area contributed by atoms with Gasteiger partial charge in [0.1, 0.15) is 0 Å². The minimum Gasteiger partial charge on any atom is -0.311 e. The first-order valence-electron chi connectivity index (χ1n) is 7.03. The Balaban J connectivity index is 1.87. The average Bonchev–Trinajstić information content (AvgIpc) is 2.52. The molecule has 2 saturated heterocycles. The molecule has 2 fully saturated rings. The van der Waals surface area contributed by atoms with E-state index in [2.05, 4.69) is 40.8 Å². The number of likely N-dealkylation sites (N-methyl/N-ethyl adjacent to an activating group) is 1. The quantitative estimate of drug-likeness (QED) is 0.816. The lowest BCUT2D eigenvalue weighted by Crippen LogP contribution is -2.50. The van der Waals surface area contributed by atoms with Gasteiger partial charge in [0.05, 0.1) is 0 Å². The summed E-state index contributed by atoms with van der Waals surface area (Å²) < 4.78 is 0. The molecule has 3 nitrogen and oxygen atoms in total. The Morgan fingerprint density at radius 3 is 2.94 bits per heavy atom. The van der Waals surface area contributed by atoms with Crippen molar-refractivity contribution in [3.63, 3.8) is 0 Å². The van der Waals surface area contributed by atoms with Crippen LogP contribution in [0.25, 0.3) is 0 Å². The van der Waals surface area contributed by atoms with Crippen LogP contribution in [0.2, 0.25) is 0 Å². The third-order valence-electron chi connectivity index (χ3n) is 3.95. The number of nitrogens with zero attached hydrogens (tertiary/aromatic N) is 2. The summed E-state index contributed by atoms with van der Waals surface area (Å²) in [5, 5.41) is 3.67. The summed E-state index contributed by atoms with van der Waals surface area (Å²) in [6, 6.07) is 1.47. The largest absolute Gasteiger partial charge is 0.311 e. The molecule has 0 spiro atoms. The van der Waals surface area contributed by atoms with Crippen LogP contribution in [-0.4, -0.2) is 73.2 Å². The van der Waals surface area contributed by atoms with Gasteiger partial charge in [0.15, 0.2) is 0 Å². The fourth-order valence-corrected chi connectivity index (χ4v) is 3.88. The van der Waals surface area contributed by atoms with Crippen molar-refractivity contribution in [2.45, 2.75) is 31.8 Å². The Hall–Kier alpha value is 0.230. The van der Waals surface area contributed by atoms with Crippen molar-refractivity contribution in [3.05, 3.63) is 0 Å². The fourth-order valence-electron chi connectivity index (χ4n) is 2.94. The molecule has 0 aromatic heterocycles. The minimum atomic E-state index is 0.714. The molecule has 0 bridgehead atoms. The molecular weight excluding hydrogens is 230 g/mol. The zero-order valence-electron chi connectivity index (χ0n) is 11.3. The van der Waals surface area contributed by atoms with E-state index in [1.54, 1.807) is 0 Å². The molecule has 2 aliphatic rings. The van der Waals surface area contributed by atoms with Gasteiger partial charge in [-0.3, -0.25) is 4.90 Å². The molecule has 100 valence electrons. The van der Waals surface area contributed by atoms with Gasteiger partial charge in [0.2, 0.25) is 0 Å². The minimum absolute atomic E-state index is 0.714. The van der Waals surface area contributed by atoms with Gasteiger partial charge >= 0.3 is 0 Å². The van der Waals surface area contributed by atoms with Crippen molar-refractivity contribution >= 4 is 11.8 Å². The van der Waals surface area contributed by atoms with Crippen LogP contribution in [0.5, 0.6) is 0 Å². The van der Waals surface area contributed by atoms with Crippen LogP contribution < -0.4 is 5.32 Å². The standard InChI is InChI=1S/C13H27N3S/c1-3-13-10-15(2)6-4-7-16(13)9-12-11-17-8-5-14-12/h12-14H,3-11H2,1-2H3. The number of hydrogen-bond acceptors (Lipinski definition) is 4. The zero-order valence-corrected chi connectivity index (χ0v) is 12.1. The van der Waals surface area contributed by atoms with Crippen LogP contribution in [-0.2, 0) is 0 Å². The molecule has 2 rings (SSSR count). The van der Waals surface area contributed by atoms with E-state index in [0.717, 1.165) is 6.04 Å². The summed E-state index contributed by atoms with van der Waals surface area (Å²) in [5.74, 6) is 2.58. The van der Waals surface area contributed by atoms with Gasteiger partial charge in [-0.2, -0.15) is 11.8 Å². The van der Waals surface area contributed by atoms with Crippen LogP contribution in [0, 0.1) is 0 Å². The second-order valence-electron chi connectivity index (χ2n) is 5.40. The van der Waals surface area contributed by atoms with E-state index in [0.29, 0.717) is 6.04 Å². The van der Waals surface area contributed by atoms with Gasteiger partial charge in [-0.05, 0) is 33.0 Å². The van der Waals surface area contributed by atoms with Crippen LogP contribution in [0.15, 0.2) is 0 Å². The first-order valence-corrected chi connectivity index (χ1v) is 8.18. The Morgan fingerprint density at radius 2 is 2.24 bits per heavy atom. The third kappa shape index (κ3) is 4.12. The molecule has 0 aliphatic carbocycles. The number of hydrogen-bond donors (Lipinski definition) is 1. The summed E-state index contributed by atoms with van der Waals surface area (Å²) in [6.45, 7) is 8.57. The van der Waals surface area contributed by atoms with Crippen LogP contribution in [0.3, 0.4) is 0 Å². The molecule has 4 heteroatoms. The van der Waals surface area contributed by atoms with E-state index in [9.17, 15) is 0 Å². The Morgan fingerprint density at radius 1 is 1.35 bits per heavy atom. The molecule has 2 unspecified atom stereocenters. The zero-order chi connectivity index (χ0) is 12.1. The van der Waals surface area contributed by atoms with Crippen molar-refractivity contribution in [2.24, 2.45) is 0 Å². The smallest absolute Gasteiger partial charge is 0.0286 e. The van der Waals surface area contributed by atoms with E-state index in [1.807, 2.05) is 0 Å². The predicted octanol–water partition coefficient (Wildman–Crippen LogP) is 1.11. The van der Waals surface area contributed by atoms with E-state index in [4.69, 9.17) is 0 Å². The molecule has 17 heavy (non-hydrogen) atoms. The number of thioether (sulfide) groups is 1. The lowest BCUT2D eigenvalue weighted by Gasteiger charge is -2.34. The maximum absolute atomic E-state index is 3.67. The van der Waals surface area contributed by atoms with Crippen molar-refractivity contribution in [1.29, 1.82) is 0 Å². The topological polar surface area (TPSA) is 18.5 Å². The van der Waals surface area contributed by atoms with Gasteiger partial charge < -0.3 is 10.2 Å². The monoisotopic (exact) mass is 257 g/mol. The van der Waals surface area contributed by atoms with Gasteiger partial charge in [0, 0.05) is 43.2 Å². The van der Waals surface area contributed by atoms with Gasteiger partial charge in [-0.15, -0.1) is 0 Å². The lowest BCUT2D eigenvalue weighted by molar-refractivity contribution is 0.170. The highest BCUT2D eigenvalue weighted by Gasteiger charge is 2.25. The normalized spacial score (nSPS) is 33.5. The van der Waals surface area contributed by atoms with Crippen LogP contribution in [0.4, 0.5) is 0 Å². The summed E-state index contributed by atoms with van der Waals surface area (Å²) in [7, 11) is 2.26. The van der Waals surface area contributed by atoms with E-state index in [1.165, 1.54) is 57.1 Å². The molecule has 0 saturated carbocycles. The first kappa shape index (κ1) is 13.7. The fraction of sp³-hybridized carbons (Fsp3) is 1.00. The maximum atomic E-state index is 3.67. The van der Waals surface area contributed by atoms with E-state index >= 15 is 0 Å². The Bertz CT molecular complexity index is 219. The lowest BCUT2D eigenvalue weighted by atomic mass is 10.1. The van der Waals surface area contributed by atoms with Crippen molar-refractivity contribution in [1.82, 2.24) is 15.1 Å². The van der Waals surface area contributed by atoms with E-state index in [-0.39, 0.29) is 0 Å². The molecule has 2 aliphatic heterocycles. The van der Waals surface area contributed by atoms with Crippen LogP contribution in [0.1, 0.15) is 19.8 Å². The van der Waals surface area contributed by atoms with E-state index < -0.39 is 0 Å². The second-order valence-corrected chi connectivity index (χ2v) is 6.55. The molecule has 2 heterocycles. The van der Waals surface area contributed by atoms with Gasteiger partial charge in [-0.25, -0.2) is 0 Å². The number of nitrogens with one attached hydrogen (secondary N) is 1. The highest BCUT2D eigenvalue weighted by Crippen LogP contribution is 2.15. The molecular formula is C13H27N3S. The maximum Gasteiger partial charge on any atom is 0.0286 e. The molecule has 2 atom stereocenters. The second kappa shape index (κ2) is 6.98. The van der Waals surface area contributed by atoms with Crippen LogP contribution >= 0.6 is 11.8 Å². The van der Waals surface area contributed by atoms with Gasteiger partial charge in [-0.1, -0.05) is 6.92 Å². The average molecular weight is 257 g/mol. The summed E-state index contributed by atoms with van der Waals surface area (Å²) in [6.07, 6.45) is 2.61. The summed E-state index contributed by atoms with van der Waals surface area (Å²) in [5.41, 5.74) is 0. The third-order valence-corrected chi connectivity index (χ3v) is 5.08. The molecule has 0 radical (unpaired) electrons.